The molecular weight excluding hydrogens is 384 g/mol. The van der Waals surface area contributed by atoms with Crippen LogP contribution in [0.4, 0.5) is 0 Å². The van der Waals surface area contributed by atoms with Gasteiger partial charge in [0.25, 0.3) is 15.9 Å². The highest BCUT2D eigenvalue weighted by Gasteiger charge is 2.19. The predicted octanol–water partition coefficient (Wildman–Crippen LogP) is 1.85. The van der Waals surface area contributed by atoms with Crippen LogP contribution in [0.3, 0.4) is 0 Å². The van der Waals surface area contributed by atoms with Crippen LogP contribution in [0.1, 0.15) is 17.5 Å². The molecule has 0 aliphatic carbocycles. The fourth-order valence-electron chi connectivity index (χ4n) is 2.69. The van der Waals surface area contributed by atoms with Crippen molar-refractivity contribution in [2.45, 2.75) is 25.2 Å². The first kappa shape index (κ1) is 20.0. The number of carbonyl (C=O) groups is 1. The Hall–Kier alpha value is -2.78. The molecule has 0 spiro atoms. The van der Waals surface area contributed by atoms with Crippen LogP contribution in [0.25, 0.3) is 0 Å². The predicted molar refractivity (Wildman–Crippen MR) is 102 cm³/mol. The molecule has 0 aromatic heterocycles. The third kappa shape index (κ3) is 5.14. The van der Waals surface area contributed by atoms with Crippen molar-refractivity contribution in [1.82, 2.24) is 10.3 Å². The second-order valence-electron chi connectivity index (χ2n) is 6.42. The summed E-state index contributed by atoms with van der Waals surface area (Å²) < 4.78 is 41.2. The van der Waals surface area contributed by atoms with Crippen molar-refractivity contribution in [3.63, 3.8) is 0 Å². The number of fused-ring (bicyclic) bond motifs is 1. The van der Waals surface area contributed by atoms with Crippen LogP contribution in [0.5, 0.6) is 17.2 Å². The van der Waals surface area contributed by atoms with Crippen LogP contribution >= 0.6 is 0 Å². The van der Waals surface area contributed by atoms with E-state index in [4.69, 9.17) is 14.2 Å². The summed E-state index contributed by atoms with van der Waals surface area (Å²) >= 11 is 0. The Morgan fingerprint density at radius 3 is 2.43 bits per heavy atom. The number of hydrazine groups is 1. The fourth-order valence-corrected chi connectivity index (χ4v) is 3.57. The lowest BCUT2D eigenvalue weighted by Gasteiger charge is -2.12. The molecule has 0 radical (unpaired) electrons. The molecule has 0 saturated carbocycles. The second kappa shape index (κ2) is 8.49. The molecule has 1 aliphatic rings. The van der Waals surface area contributed by atoms with Gasteiger partial charge in [-0.1, -0.05) is 6.07 Å². The van der Waals surface area contributed by atoms with Gasteiger partial charge in [0, 0.05) is 12.5 Å². The maximum atomic E-state index is 12.4. The summed E-state index contributed by atoms with van der Waals surface area (Å²) in [7, 11) is -3.97. The topological polar surface area (TPSA) is 103 Å². The number of nitrogens with one attached hydrogen (secondary N) is 2. The minimum Gasteiger partial charge on any atom is -0.490 e. The summed E-state index contributed by atoms with van der Waals surface area (Å²) in [5.41, 5.74) is 4.15. The number of ether oxygens (including phenoxy) is 3. The lowest BCUT2D eigenvalue weighted by atomic mass is 10.1. The molecule has 2 N–H and O–H groups in total. The van der Waals surface area contributed by atoms with E-state index in [1.54, 1.807) is 12.1 Å². The number of benzene rings is 2. The zero-order valence-corrected chi connectivity index (χ0v) is 16.5. The number of aryl methyl sites for hydroxylation is 2. The molecular formula is C19H22N2O6S. The van der Waals surface area contributed by atoms with Crippen molar-refractivity contribution >= 4 is 15.9 Å². The van der Waals surface area contributed by atoms with Gasteiger partial charge in [0.05, 0.1) is 18.1 Å². The second-order valence-corrected chi connectivity index (χ2v) is 8.11. The smallest absolute Gasteiger partial charge is 0.272 e. The Morgan fingerprint density at radius 1 is 1.04 bits per heavy atom. The van der Waals surface area contributed by atoms with Gasteiger partial charge in [-0.25, -0.2) is 8.42 Å². The van der Waals surface area contributed by atoms with Gasteiger partial charge in [-0.3, -0.25) is 10.2 Å². The normalized spacial score (nSPS) is 13.5. The molecule has 2 aromatic rings. The van der Waals surface area contributed by atoms with Crippen molar-refractivity contribution in [3.8, 4) is 17.2 Å². The summed E-state index contributed by atoms with van der Waals surface area (Å²) in [6.45, 7) is 4.46. The van der Waals surface area contributed by atoms with E-state index in [9.17, 15) is 13.2 Å². The maximum Gasteiger partial charge on any atom is 0.272 e. The minimum absolute atomic E-state index is 0.0488. The number of sulfonamides is 1. The Morgan fingerprint density at radius 2 is 1.71 bits per heavy atom. The van der Waals surface area contributed by atoms with Gasteiger partial charge in [0.2, 0.25) is 0 Å². The van der Waals surface area contributed by atoms with Crippen LogP contribution in [0, 0.1) is 13.8 Å². The molecule has 0 saturated heterocycles. The average Bonchev–Trinajstić information content (AvgIpc) is 2.89. The summed E-state index contributed by atoms with van der Waals surface area (Å²) in [5.74, 6) is 0.752. The van der Waals surface area contributed by atoms with Crippen molar-refractivity contribution < 1.29 is 27.4 Å². The average molecular weight is 406 g/mol. The van der Waals surface area contributed by atoms with Crippen LogP contribution in [0.15, 0.2) is 41.3 Å². The van der Waals surface area contributed by atoms with Crippen molar-refractivity contribution in [2.24, 2.45) is 0 Å². The van der Waals surface area contributed by atoms with Crippen molar-refractivity contribution in [2.75, 3.05) is 19.8 Å². The first-order chi connectivity index (χ1) is 13.3. The van der Waals surface area contributed by atoms with Gasteiger partial charge in [-0.2, -0.15) is 0 Å². The van der Waals surface area contributed by atoms with Gasteiger partial charge in [0.15, 0.2) is 18.1 Å². The first-order valence-corrected chi connectivity index (χ1v) is 10.2. The number of carbonyl (C=O) groups excluding carboxylic acids is 1. The third-order valence-electron chi connectivity index (χ3n) is 3.92. The van der Waals surface area contributed by atoms with Crippen LogP contribution in [-0.4, -0.2) is 34.1 Å². The molecule has 1 heterocycles. The Kier molecular flexibility index (Phi) is 6.05. The first-order valence-electron chi connectivity index (χ1n) is 8.75. The van der Waals surface area contributed by atoms with Gasteiger partial charge < -0.3 is 14.2 Å². The molecule has 1 aliphatic heterocycles. The Labute approximate surface area is 163 Å². The fraction of sp³-hybridized carbons (Fsp3) is 0.316. The zero-order valence-electron chi connectivity index (χ0n) is 15.7. The molecule has 150 valence electrons. The highest BCUT2D eigenvalue weighted by atomic mass is 32.2. The third-order valence-corrected chi connectivity index (χ3v) is 5.16. The molecule has 0 bridgehead atoms. The lowest BCUT2D eigenvalue weighted by Crippen LogP contribution is -2.43. The van der Waals surface area contributed by atoms with E-state index in [-0.39, 0.29) is 11.5 Å². The van der Waals surface area contributed by atoms with Crippen molar-refractivity contribution in [1.29, 1.82) is 0 Å². The van der Waals surface area contributed by atoms with Gasteiger partial charge in [-0.05, 0) is 49.2 Å². The SMILES string of the molecule is Cc1cc(C)cc(OCC(=O)NNS(=O)(=O)c2ccc3c(c2)OCCCO3)c1. The van der Waals surface area contributed by atoms with Crippen LogP contribution in [0.2, 0.25) is 0 Å². The standard InChI is InChI=1S/C19H22N2O6S/c1-13-8-14(2)10-15(9-13)27-12-19(22)20-21-28(23,24)16-4-5-17-18(11-16)26-7-3-6-25-17/h4-5,8-11,21H,3,6-7,12H2,1-2H3,(H,20,22). The van der Waals surface area contributed by atoms with Gasteiger partial charge in [-0.15, -0.1) is 4.83 Å². The number of hydrogen-bond acceptors (Lipinski definition) is 6. The number of amides is 1. The maximum absolute atomic E-state index is 12.4. The highest BCUT2D eigenvalue weighted by Crippen LogP contribution is 2.31. The number of hydrogen-bond donors (Lipinski definition) is 2. The van der Waals surface area contributed by atoms with E-state index in [1.807, 2.05) is 19.9 Å². The molecule has 0 unspecified atom stereocenters. The molecule has 0 fully saturated rings. The van der Waals surface area contributed by atoms with E-state index in [2.05, 4.69) is 10.3 Å². The zero-order chi connectivity index (χ0) is 20.1. The van der Waals surface area contributed by atoms with Crippen molar-refractivity contribution in [3.05, 3.63) is 47.5 Å². The van der Waals surface area contributed by atoms with E-state index in [1.165, 1.54) is 18.2 Å². The van der Waals surface area contributed by atoms with E-state index < -0.39 is 15.9 Å². The van der Waals surface area contributed by atoms with Gasteiger partial charge in [0.1, 0.15) is 5.75 Å². The summed E-state index contributed by atoms with van der Waals surface area (Å²) in [4.78, 5) is 13.9. The summed E-state index contributed by atoms with van der Waals surface area (Å²) in [5, 5.41) is 0. The molecule has 0 atom stereocenters. The van der Waals surface area contributed by atoms with E-state index in [0.717, 1.165) is 11.1 Å². The quantitative estimate of drug-likeness (QED) is 0.710. The highest BCUT2D eigenvalue weighted by molar-refractivity contribution is 7.89. The van der Waals surface area contributed by atoms with Crippen LogP contribution < -0.4 is 24.5 Å². The molecule has 2 aromatic carbocycles. The molecule has 28 heavy (non-hydrogen) atoms. The summed E-state index contributed by atoms with van der Waals surface area (Å²) in [6, 6.07) is 9.84. The van der Waals surface area contributed by atoms with E-state index in [0.29, 0.717) is 36.9 Å². The largest absolute Gasteiger partial charge is 0.490 e. The summed E-state index contributed by atoms with van der Waals surface area (Å²) in [6.07, 6.45) is 0.714. The van der Waals surface area contributed by atoms with Gasteiger partial charge >= 0.3 is 0 Å². The molecule has 3 rings (SSSR count). The Bertz CT molecular complexity index is 954. The minimum atomic E-state index is -3.97. The lowest BCUT2D eigenvalue weighted by molar-refractivity contribution is -0.123. The molecule has 9 heteroatoms. The Balaban J connectivity index is 1.58. The van der Waals surface area contributed by atoms with E-state index >= 15 is 0 Å². The number of rotatable bonds is 6. The molecule has 8 nitrogen and oxygen atoms in total. The monoisotopic (exact) mass is 406 g/mol. The molecule has 1 amide bonds. The van der Waals surface area contributed by atoms with Crippen LogP contribution in [-0.2, 0) is 14.8 Å².